The molecule has 1 fully saturated rings. The van der Waals surface area contributed by atoms with Crippen molar-refractivity contribution < 1.29 is 13.6 Å². The lowest BCUT2D eigenvalue weighted by molar-refractivity contribution is 0.0695. The Labute approximate surface area is 150 Å². The number of hydrogen-bond acceptors (Lipinski definition) is 2. The van der Waals surface area contributed by atoms with Gasteiger partial charge in [-0.2, -0.15) is 0 Å². The van der Waals surface area contributed by atoms with Gasteiger partial charge in [0.25, 0.3) is 12.3 Å². The number of nitrogens with zero attached hydrogens (tertiary/aromatic N) is 1. The second-order valence-electron chi connectivity index (χ2n) is 6.87. The molecular weight excluding hydrogens is 336 g/mol. The Kier molecular flexibility index (Phi) is 4.59. The van der Waals surface area contributed by atoms with Crippen LogP contribution >= 0.6 is 0 Å². The quantitative estimate of drug-likeness (QED) is 0.747. The van der Waals surface area contributed by atoms with Crippen molar-refractivity contribution in [2.75, 3.05) is 19.6 Å². The molecule has 1 amide bonds. The van der Waals surface area contributed by atoms with Crippen LogP contribution in [0.3, 0.4) is 0 Å². The zero-order chi connectivity index (χ0) is 18.1. The van der Waals surface area contributed by atoms with Crippen LogP contribution < -0.4 is 5.32 Å². The monoisotopic (exact) mass is 357 g/mol. The summed E-state index contributed by atoms with van der Waals surface area (Å²) in [5.41, 5.74) is 1.46. The molecule has 0 atom stereocenters. The molecule has 4 rings (SSSR count). The summed E-state index contributed by atoms with van der Waals surface area (Å²) in [4.78, 5) is 17.5. The van der Waals surface area contributed by atoms with E-state index in [0.717, 1.165) is 21.7 Å². The predicted octanol–water partition coefficient (Wildman–Crippen LogP) is 3.78. The van der Waals surface area contributed by atoms with Crippen molar-refractivity contribution in [2.24, 2.45) is 0 Å². The first kappa shape index (κ1) is 17.0. The summed E-state index contributed by atoms with van der Waals surface area (Å²) < 4.78 is 24.9. The lowest BCUT2D eigenvalue weighted by atomic mass is 10.0. The third-order valence-corrected chi connectivity index (χ3v) is 5.09. The molecule has 0 spiro atoms. The predicted molar refractivity (Wildman–Crippen MR) is 98.7 cm³/mol. The topological polar surface area (TPSA) is 48.1 Å². The van der Waals surface area contributed by atoms with Crippen LogP contribution in [-0.2, 0) is 0 Å². The van der Waals surface area contributed by atoms with E-state index in [0.29, 0.717) is 31.6 Å². The van der Waals surface area contributed by atoms with Crippen LogP contribution in [0.25, 0.3) is 21.7 Å². The van der Waals surface area contributed by atoms with Gasteiger partial charge in [0.2, 0.25) is 0 Å². The van der Waals surface area contributed by atoms with Gasteiger partial charge in [-0.3, -0.25) is 9.69 Å². The summed E-state index contributed by atoms with van der Waals surface area (Å²) in [6.45, 7) is 0.995. The zero-order valence-electron chi connectivity index (χ0n) is 14.3. The Hall–Kier alpha value is -2.47. The number of halogens is 2. The number of nitrogens with one attached hydrogen (secondary N) is 2. The molecule has 2 N–H and O–H groups in total. The molecule has 0 saturated carbocycles. The molecule has 0 radical (unpaired) electrons. The third-order valence-electron chi connectivity index (χ3n) is 5.09. The number of benzene rings is 2. The molecule has 0 aliphatic carbocycles. The van der Waals surface area contributed by atoms with Gasteiger partial charge in [0.1, 0.15) is 5.69 Å². The fourth-order valence-electron chi connectivity index (χ4n) is 3.73. The SMILES string of the molecule is O=C(NC1CCN(CC(F)F)CC1)c1cc2c(ccc3ccccc32)[nH]1. The summed E-state index contributed by atoms with van der Waals surface area (Å²) in [5.74, 6) is -0.141. The number of H-pyrrole nitrogens is 1. The molecule has 0 unspecified atom stereocenters. The normalized spacial score (nSPS) is 16.6. The molecule has 6 heteroatoms. The maximum Gasteiger partial charge on any atom is 0.267 e. The van der Waals surface area contributed by atoms with E-state index in [2.05, 4.69) is 16.4 Å². The smallest absolute Gasteiger partial charge is 0.267 e. The zero-order valence-corrected chi connectivity index (χ0v) is 14.3. The van der Waals surface area contributed by atoms with Gasteiger partial charge in [0.15, 0.2) is 0 Å². The lowest BCUT2D eigenvalue weighted by Gasteiger charge is -2.31. The van der Waals surface area contributed by atoms with Gasteiger partial charge < -0.3 is 10.3 Å². The van der Waals surface area contributed by atoms with Crippen LogP contribution in [0.1, 0.15) is 23.3 Å². The van der Waals surface area contributed by atoms with Crippen molar-refractivity contribution in [1.82, 2.24) is 15.2 Å². The van der Waals surface area contributed by atoms with E-state index in [4.69, 9.17) is 0 Å². The van der Waals surface area contributed by atoms with Gasteiger partial charge in [0, 0.05) is 30.0 Å². The van der Waals surface area contributed by atoms with Gasteiger partial charge >= 0.3 is 0 Å². The Bertz CT molecular complexity index is 929. The molecule has 1 aliphatic heterocycles. The molecule has 1 aromatic heterocycles. The average molecular weight is 357 g/mol. The molecule has 1 aliphatic rings. The molecule has 0 bridgehead atoms. The minimum absolute atomic E-state index is 0.0274. The van der Waals surface area contributed by atoms with E-state index >= 15 is 0 Å². The number of rotatable bonds is 4. The van der Waals surface area contributed by atoms with E-state index in [1.807, 2.05) is 36.4 Å². The lowest BCUT2D eigenvalue weighted by Crippen LogP contribution is -2.45. The van der Waals surface area contributed by atoms with Gasteiger partial charge in [-0.1, -0.05) is 30.3 Å². The first-order valence-corrected chi connectivity index (χ1v) is 8.92. The van der Waals surface area contributed by atoms with Gasteiger partial charge in [-0.05, 0) is 35.7 Å². The third kappa shape index (κ3) is 3.42. The Balaban J connectivity index is 1.46. The van der Waals surface area contributed by atoms with Gasteiger partial charge in [0.05, 0.1) is 6.54 Å². The van der Waals surface area contributed by atoms with Crippen LogP contribution in [0, 0.1) is 0 Å². The molecule has 4 nitrogen and oxygen atoms in total. The summed E-state index contributed by atoms with van der Waals surface area (Å²) >= 11 is 0. The number of hydrogen-bond donors (Lipinski definition) is 2. The van der Waals surface area contributed by atoms with Crippen molar-refractivity contribution in [3.8, 4) is 0 Å². The van der Waals surface area contributed by atoms with Crippen LogP contribution in [0.5, 0.6) is 0 Å². The molecule has 2 aromatic carbocycles. The average Bonchev–Trinajstić information content (AvgIpc) is 3.08. The van der Waals surface area contributed by atoms with E-state index in [1.165, 1.54) is 0 Å². The number of carbonyl (C=O) groups is 1. The maximum absolute atomic E-state index is 12.6. The number of piperidine rings is 1. The number of aromatic amines is 1. The fraction of sp³-hybridized carbons (Fsp3) is 0.350. The van der Waals surface area contributed by atoms with Crippen LogP contribution in [0.4, 0.5) is 8.78 Å². The highest BCUT2D eigenvalue weighted by Crippen LogP contribution is 2.26. The maximum atomic E-state index is 12.6. The molecule has 136 valence electrons. The van der Waals surface area contributed by atoms with E-state index in [9.17, 15) is 13.6 Å². The van der Waals surface area contributed by atoms with Gasteiger partial charge in [-0.25, -0.2) is 8.78 Å². The second kappa shape index (κ2) is 7.03. The number of likely N-dealkylation sites (tertiary alicyclic amines) is 1. The van der Waals surface area contributed by atoms with Crippen molar-refractivity contribution in [3.63, 3.8) is 0 Å². The van der Waals surface area contributed by atoms with E-state index in [1.54, 1.807) is 4.90 Å². The highest BCUT2D eigenvalue weighted by molar-refractivity contribution is 6.09. The van der Waals surface area contributed by atoms with Crippen LogP contribution in [-0.4, -0.2) is 47.9 Å². The summed E-state index contributed by atoms with van der Waals surface area (Å²) in [6.07, 6.45) is -0.911. The molecule has 3 aromatic rings. The fourth-order valence-corrected chi connectivity index (χ4v) is 3.73. The number of fused-ring (bicyclic) bond motifs is 3. The Morgan fingerprint density at radius 1 is 1.15 bits per heavy atom. The van der Waals surface area contributed by atoms with Crippen molar-refractivity contribution in [3.05, 3.63) is 48.2 Å². The second-order valence-corrected chi connectivity index (χ2v) is 6.87. The highest BCUT2D eigenvalue weighted by atomic mass is 19.3. The summed E-state index contributed by atoms with van der Waals surface area (Å²) in [7, 11) is 0. The van der Waals surface area contributed by atoms with E-state index < -0.39 is 6.43 Å². The first-order valence-electron chi connectivity index (χ1n) is 8.92. The summed E-state index contributed by atoms with van der Waals surface area (Å²) in [5, 5.41) is 6.31. The standard InChI is InChI=1S/C20H21F2N3O/c21-19(22)12-25-9-7-14(8-10-25)23-20(26)18-11-16-15-4-2-1-3-13(15)5-6-17(16)24-18/h1-6,11,14,19,24H,7-10,12H2,(H,23,26). The van der Waals surface area contributed by atoms with E-state index in [-0.39, 0.29) is 18.5 Å². The minimum atomic E-state index is -2.30. The van der Waals surface area contributed by atoms with Crippen molar-refractivity contribution in [2.45, 2.75) is 25.3 Å². The van der Waals surface area contributed by atoms with Crippen LogP contribution in [0.2, 0.25) is 0 Å². The largest absolute Gasteiger partial charge is 0.351 e. The number of aromatic nitrogens is 1. The Morgan fingerprint density at radius 2 is 1.92 bits per heavy atom. The Morgan fingerprint density at radius 3 is 2.69 bits per heavy atom. The molecule has 2 heterocycles. The minimum Gasteiger partial charge on any atom is -0.351 e. The number of alkyl halides is 2. The van der Waals surface area contributed by atoms with Gasteiger partial charge in [-0.15, -0.1) is 0 Å². The molecule has 26 heavy (non-hydrogen) atoms. The summed E-state index contributed by atoms with van der Waals surface area (Å²) in [6, 6.07) is 14.0. The molecule has 1 saturated heterocycles. The van der Waals surface area contributed by atoms with Crippen molar-refractivity contribution in [1.29, 1.82) is 0 Å². The number of carbonyl (C=O) groups excluding carboxylic acids is 1. The van der Waals surface area contributed by atoms with Crippen molar-refractivity contribution >= 4 is 27.6 Å². The first-order chi connectivity index (χ1) is 12.6. The van der Waals surface area contributed by atoms with Crippen LogP contribution in [0.15, 0.2) is 42.5 Å². The molecular formula is C20H21F2N3O. The highest BCUT2D eigenvalue weighted by Gasteiger charge is 2.23. The number of amides is 1.